The first kappa shape index (κ1) is 17.5. The zero-order valence-electron chi connectivity index (χ0n) is 13.8. The van der Waals surface area contributed by atoms with Crippen LogP contribution in [0, 0.1) is 14.9 Å². The van der Waals surface area contributed by atoms with Crippen LogP contribution in [0.3, 0.4) is 0 Å². The predicted octanol–water partition coefficient (Wildman–Crippen LogP) is 3.80. The second-order valence-electron chi connectivity index (χ2n) is 5.15. The lowest BCUT2D eigenvalue weighted by Gasteiger charge is -2.08. The Morgan fingerprint density at radius 3 is 2.81 bits per heavy atom. The quantitative estimate of drug-likeness (QED) is 0.308. The molecule has 3 rings (SSSR count). The number of rotatable bonds is 6. The van der Waals surface area contributed by atoms with Gasteiger partial charge in [0, 0.05) is 6.07 Å². The molecule has 3 aromatic rings. The number of nitro benzene ring substituents is 1. The molecule has 0 amide bonds. The monoisotopic (exact) mass is 369 g/mol. The molecule has 1 heterocycles. The highest BCUT2D eigenvalue weighted by Crippen LogP contribution is 2.28. The number of para-hydroxylation sites is 2. The summed E-state index contributed by atoms with van der Waals surface area (Å²) in [6.07, 6.45) is 1.39. The lowest BCUT2D eigenvalue weighted by molar-refractivity contribution is -0.385. The van der Waals surface area contributed by atoms with Crippen LogP contribution in [0.4, 0.5) is 5.69 Å². The van der Waals surface area contributed by atoms with E-state index in [0.717, 1.165) is 0 Å². The average molecular weight is 369 g/mol. The predicted molar refractivity (Wildman–Crippen MR) is 100 cm³/mol. The van der Waals surface area contributed by atoms with Gasteiger partial charge in [-0.15, -0.1) is 0 Å². The summed E-state index contributed by atoms with van der Waals surface area (Å²) in [5.74, 6) is 1.10. The highest BCUT2D eigenvalue weighted by Gasteiger charge is 2.14. The van der Waals surface area contributed by atoms with Crippen LogP contribution < -0.4 is 4.74 Å². The third-order valence-electron chi connectivity index (χ3n) is 3.52. The van der Waals surface area contributed by atoms with Crippen LogP contribution in [0.5, 0.6) is 5.75 Å². The van der Waals surface area contributed by atoms with E-state index in [2.05, 4.69) is 15.3 Å². The summed E-state index contributed by atoms with van der Waals surface area (Å²) in [6, 6.07) is 13.7. The average Bonchev–Trinajstić information content (AvgIpc) is 3.01. The Labute approximate surface area is 153 Å². The standard InChI is InChI=1S/C17H15N5O3S/c1-2-25-15-10-6-4-8-13(15)16-19-20-17(26)21(16)18-11-12-7-3-5-9-14(12)22(23)24/h3-11H,2H2,1H3,(H,20,26)/b18-11-. The Morgan fingerprint density at radius 2 is 2.04 bits per heavy atom. The van der Waals surface area contributed by atoms with Crippen molar-refractivity contribution >= 4 is 24.1 Å². The molecule has 0 saturated carbocycles. The van der Waals surface area contributed by atoms with Crippen molar-refractivity contribution in [2.24, 2.45) is 5.10 Å². The van der Waals surface area contributed by atoms with Crippen molar-refractivity contribution in [2.45, 2.75) is 6.92 Å². The number of H-pyrrole nitrogens is 1. The minimum absolute atomic E-state index is 0.0393. The maximum Gasteiger partial charge on any atom is 0.278 e. The van der Waals surface area contributed by atoms with Crippen LogP contribution in [-0.4, -0.2) is 32.6 Å². The minimum atomic E-state index is -0.457. The molecule has 0 saturated heterocycles. The van der Waals surface area contributed by atoms with Gasteiger partial charge in [-0.1, -0.05) is 24.3 Å². The molecule has 9 heteroatoms. The molecule has 0 atom stereocenters. The summed E-state index contributed by atoms with van der Waals surface area (Å²) in [7, 11) is 0. The fourth-order valence-corrected chi connectivity index (χ4v) is 2.57. The van der Waals surface area contributed by atoms with Crippen LogP contribution in [0.1, 0.15) is 12.5 Å². The molecular formula is C17H15N5O3S. The SMILES string of the molecule is CCOc1ccccc1-c1n[nH]c(=S)n1/N=C\c1ccccc1[N+](=O)[O-]. The van der Waals surface area contributed by atoms with E-state index in [9.17, 15) is 10.1 Å². The molecule has 0 unspecified atom stereocenters. The van der Waals surface area contributed by atoms with Gasteiger partial charge in [-0.2, -0.15) is 14.9 Å². The first-order valence-electron chi connectivity index (χ1n) is 7.79. The molecule has 0 fully saturated rings. The van der Waals surface area contributed by atoms with Gasteiger partial charge in [0.1, 0.15) is 5.75 Å². The summed E-state index contributed by atoms with van der Waals surface area (Å²) in [5, 5.41) is 22.3. The van der Waals surface area contributed by atoms with Crippen molar-refractivity contribution in [1.29, 1.82) is 0 Å². The summed E-state index contributed by atoms with van der Waals surface area (Å²) in [4.78, 5) is 10.7. The number of hydrogen-bond donors (Lipinski definition) is 1. The number of nitrogens with one attached hydrogen (secondary N) is 1. The van der Waals surface area contributed by atoms with Gasteiger partial charge in [0.25, 0.3) is 5.69 Å². The van der Waals surface area contributed by atoms with Crippen molar-refractivity contribution in [2.75, 3.05) is 6.61 Å². The number of ether oxygens (including phenoxy) is 1. The Balaban J connectivity index is 2.06. The second-order valence-corrected chi connectivity index (χ2v) is 5.54. The van der Waals surface area contributed by atoms with Crippen LogP contribution >= 0.6 is 12.2 Å². The van der Waals surface area contributed by atoms with Crippen molar-refractivity contribution in [1.82, 2.24) is 14.9 Å². The van der Waals surface area contributed by atoms with Gasteiger partial charge in [-0.25, -0.2) is 5.10 Å². The highest BCUT2D eigenvalue weighted by atomic mass is 32.1. The molecule has 0 aliphatic carbocycles. The van der Waals surface area contributed by atoms with E-state index in [1.807, 2.05) is 31.2 Å². The fraction of sp³-hybridized carbons (Fsp3) is 0.118. The molecule has 26 heavy (non-hydrogen) atoms. The third kappa shape index (κ3) is 3.52. The number of nitro groups is 1. The largest absolute Gasteiger partial charge is 0.493 e. The van der Waals surface area contributed by atoms with Crippen LogP contribution in [-0.2, 0) is 0 Å². The molecule has 132 valence electrons. The topological polar surface area (TPSA) is 98.3 Å². The van der Waals surface area contributed by atoms with Gasteiger partial charge in [0.15, 0.2) is 5.82 Å². The van der Waals surface area contributed by atoms with E-state index in [0.29, 0.717) is 29.3 Å². The summed E-state index contributed by atoms with van der Waals surface area (Å²) < 4.78 is 7.30. The molecule has 0 radical (unpaired) electrons. The molecule has 2 aromatic carbocycles. The summed E-state index contributed by atoms with van der Waals surface area (Å²) in [5.41, 5.74) is 1.04. The first-order valence-corrected chi connectivity index (χ1v) is 8.20. The molecule has 0 aliphatic heterocycles. The number of aromatic nitrogens is 3. The van der Waals surface area contributed by atoms with E-state index in [4.69, 9.17) is 17.0 Å². The lowest BCUT2D eigenvalue weighted by atomic mass is 10.2. The van der Waals surface area contributed by atoms with Crippen molar-refractivity contribution < 1.29 is 9.66 Å². The highest BCUT2D eigenvalue weighted by molar-refractivity contribution is 7.71. The van der Waals surface area contributed by atoms with Crippen molar-refractivity contribution in [3.63, 3.8) is 0 Å². The molecule has 0 bridgehead atoms. The second kappa shape index (κ2) is 7.70. The van der Waals surface area contributed by atoms with Gasteiger partial charge in [0.05, 0.1) is 28.9 Å². The maximum absolute atomic E-state index is 11.1. The summed E-state index contributed by atoms with van der Waals surface area (Å²) in [6.45, 7) is 2.39. The van der Waals surface area contributed by atoms with Crippen LogP contribution in [0.15, 0.2) is 53.6 Å². The Kier molecular flexibility index (Phi) is 5.18. The zero-order valence-corrected chi connectivity index (χ0v) is 14.6. The zero-order chi connectivity index (χ0) is 18.5. The number of aromatic amines is 1. The molecule has 0 spiro atoms. The number of benzene rings is 2. The van der Waals surface area contributed by atoms with Gasteiger partial charge >= 0.3 is 0 Å². The van der Waals surface area contributed by atoms with E-state index in [1.165, 1.54) is 17.0 Å². The third-order valence-corrected chi connectivity index (χ3v) is 3.79. The molecule has 0 aliphatic rings. The van der Waals surface area contributed by atoms with Crippen molar-refractivity contribution in [3.05, 3.63) is 69.0 Å². The number of hydrogen-bond acceptors (Lipinski definition) is 6. The fourth-order valence-electron chi connectivity index (χ4n) is 2.39. The van der Waals surface area contributed by atoms with Gasteiger partial charge < -0.3 is 4.74 Å². The Hall–Kier alpha value is -3.33. The van der Waals surface area contributed by atoms with Crippen molar-refractivity contribution in [3.8, 4) is 17.1 Å². The molecule has 1 aromatic heterocycles. The van der Waals surface area contributed by atoms with Crippen LogP contribution in [0.2, 0.25) is 0 Å². The normalized spacial score (nSPS) is 11.0. The Morgan fingerprint density at radius 1 is 1.31 bits per heavy atom. The Bertz CT molecular complexity index is 1020. The van der Waals surface area contributed by atoms with Gasteiger partial charge in [-0.3, -0.25) is 10.1 Å². The van der Waals surface area contributed by atoms with Gasteiger partial charge in [-0.05, 0) is 37.3 Å². The lowest BCUT2D eigenvalue weighted by Crippen LogP contribution is -2.00. The van der Waals surface area contributed by atoms with E-state index in [1.54, 1.807) is 18.2 Å². The van der Waals surface area contributed by atoms with E-state index < -0.39 is 4.92 Å². The van der Waals surface area contributed by atoms with E-state index >= 15 is 0 Å². The molecular weight excluding hydrogens is 354 g/mol. The molecule has 8 nitrogen and oxygen atoms in total. The van der Waals surface area contributed by atoms with Crippen LogP contribution in [0.25, 0.3) is 11.4 Å². The minimum Gasteiger partial charge on any atom is -0.493 e. The maximum atomic E-state index is 11.1. The number of nitrogens with zero attached hydrogens (tertiary/aromatic N) is 4. The molecule has 1 N–H and O–H groups in total. The summed E-state index contributed by atoms with van der Waals surface area (Å²) >= 11 is 5.24. The smallest absolute Gasteiger partial charge is 0.278 e. The van der Waals surface area contributed by atoms with E-state index in [-0.39, 0.29) is 10.5 Å². The van der Waals surface area contributed by atoms with Gasteiger partial charge in [0.2, 0.25) is 4.77 Å². The first-order chi connectivity index (χ1) is 12.6.